The highest BCUT2D eigenvalue weighted by atomic mass is 15.1. The number of para-hydroxylation sites is 3. The molecule has 2 heteroatoms. The first-order chi connectivity index (χ1) is 30.3. The number of benzene rings is 8. The quantitative estimate of drug-likeness (QED) is 0.136. The van der Waals surface area contributed by atoms with Gasteiger partial charge in [0, 0.05) is 45.0 Å². The van der Waals surface area contributed by atoms with Crippen molar-refractivity contribution < 1.29 is 0 Å². The van der Waals surface area contributed by atoms with Gasteiger partial charge in [-0.2, -0.15) is 0 Å². The minimum atomic E-state index is -0.146. The summed E-state index contributed by atoms with van der Waals surface area (Å²) in [5, 5.41) is 0. The molecule has 0 amide bonds. The maximum atomic E-state index is 2.45. The second-order valence-corrected chi connectivity index (χ2v) is 18.4. The molecular weight excluding hydrogens is 749 g/mol. The van der Waals surface area contributed by atoms with Gasteiger partial charge in [0.15, 0.2) is 0 Å². The lowest BCUT2D eigenvalue weighted by Gasteiger charge is -2.44. The van der Waals surface area contributed by atoms with E-state index >= 15 is 0 Å². The zero-order valence-corrected chi connectivity index (χ0v) is 36.5. The van der Waals surface area contributed by atoms with Gasteiger partial charge in [-0.05, 0) is 142 Å². The van der Waals surface area contributed by atoms with Crippen LogP contribution in [0.3, 0.4) is 0 Å². The van der Waals surface area contributed by atoms with Crippen LogP contribution < -0.4 is 9.80 Å². The van der Waals surface area contributed by atoms with Crippen LogP contribution in [0.5, 0.6) is 0 Å². The lowest BCUT2D eigenvalue weighted by molar-refractivity contribution is 0.207. The average molecular weight is 805 g/mol. The minimum absolute atomic E-state index is 0.0774. The topological polar surface area (TPSA) is 6.48 Å². The third-order valence-corrected chi connectivity index (χ3v) is 14.2. The van der Waals surface area contributed by atoms with Gasteiger partial charge >= 0.3 is 0 Å². The van der Waals surface area contributed by atoms with Crippen LogP contribution in [0.2, 0.25) is 0 Å². The summed E-state index contributed by atoms with van der Waals surface area (Å²) in [5.74, 6) is 1.29. The van der Waals surface area contributed by atoms with Crippen molar-refractivity contribution in [3.8, 4) is 22.3 Å². The standard InChI is InChI=1S/C60H56N2/c1-43(2)45-21-18-40-60(42-45,46-30-34-51(35-31-46)61(48-22-11-6-12-23-48)49-24-13-7-14-25-49)47-32-36-52(37-33-47)62(50-26-15-8-16-27-50)53-38-39-55-57(41-53)59(3,4)56-29-17-28-54(58(55)56)44-19-9-5-10-20-44/h5-17,19-20,22-39,41,43,45H,18,21,40,42H2,1-4H3. The van der Waals surface area contributed by atoms with Crippen molar-refractivity contribution in [2.45, 2.75) is 64.2 Å². The fourth-order valence-corrected chi connectivity index (χ4v) is 10.8. The van der Waals surface area contributed by atoms with Crippen molar-refractivity contribution in [1.29, 1.82) is 0 Å². The summed E-state index contributed by atoms with van der Waals surface area (Å²) in [4.78, 5) is 4.81. The Balaban J connectivity index is 1.04. The third-order valence-electron chi connectivity index (χ3n) is 14.2. The third kappa shape index (κ3) is 7.02. The zero-order valence-electron chi connectivity index (χ0n) is 36.5. The van der Waals surface area contributed by atoms with Crippen molar-refractivity contribution in [3.63, 3.8) is 0 Å². The first-order valence-electron chi connectivity index (χ1n) is 22.6. The number of hydrogen-bond donors (Lipinski definition) is 0. The van der Waals surface area contributed by atoms with Crippen LogP contribution in [0, 0.1) is 11.8 Å². The second-order valence-electron chi connectivity index (χ2n) is 18.4. The summed E-state index contributed by atoms with van der Waals surface area (Å²) in [5.41, 5.74) is 17.6. The zero-order chi connectivity index (χ0) is 42.3. The van der Waals surface area contributed by atoms with E-state index in [0.29, 0.717) is 11.8 Å². The Bertz CT molecular complexity index is 2740. The lowest BCUT2D eigenvalue weighted by Crippen LogP contribution is -2.36. The van der Waals surface area contributed by atoms with Gasteiger partial charge in [-0.15, -0.1) is 0 Å². The van der Waals surface area contributed by atoms with Crippen LogP contribution in [0.4, 0.5) is 34.1 Å². The molecule has 1 saturated carbocycles. The Morgan fingerprint density at radius 1 is 0.452 bits per heavy atom. The highest BCUT2D eigenvalue weighted by Gasteiger charge is 2.41. The van der Waals surface area contributed by atoms with E-state index in [4.69, 9.17) is 0 Å². The summed E-state index contributed by atoms with van der Waals surface area (Å²) in [6, 6.07) is 76.4. The highest BCUT2D eigenvalue weighted by Crippen LogP contribution is 2.54. The van der Waals surface area contributed by atoms with Crippen molar-refractivity contribution in [3.05, 3.63) is 229 Å². The van der Waals surface area contributed by atoms with Gasteiger partial charge in [0.05, 0.1) is 0 Å². The maximum absolute atomic E-state index is 2.45. The summed E-state index contributed by atoms with van der Waals surface area (Å²) < 4.78 is 0. The Labute approximate surface area is 369 Å². The summed E-state index contributed by atoms with van der Waals surface area (Å²) >= 11 is 0. The molecular formula is C60H56N2. The molecule has 0 aliphatic heterocycles. The summed E-state index contributed by atoms with van der Waals surface area (Å²) in [6.07, 6.45) is 4.81. The number of rotatable bonds is 10. The molecule has 0 saturated heterocycles. The Morgan fingerprint density at radius 2 is 0.919 bits per heavy atom. The number of hydrogen-bond acceptors (Lipinski definition) is 2. The summed E-state index contributed by atoms with van der Waals surface area (Å²) in [7, 11) is 0. The monoisotopic (exact) mass is 804 g/mol. The largest absolute Gasteiger partial charge is 0.311 e. The van der Waals surface area contributed by atoms with Gasteiger partial charge in [-0.3, -0.25) is 0 Å². The molecule has 2 atom stereocenters. The van der Waals surface area contributed by atoms with E-state index in [1.165, 1.54) is 74.4 Å². The number of fused-ring (bicyclic) bond motifs is 3. The van der Waals surface area contributed by atoms with Crippen molar-refractivity contribution in [2.75, 3.05) is 9.80 Å². The predicted octanol–water partition coefficient (Wildman–Crippen LogP) is 16.7. The van der Waals surface area contributed by atoms with E-state index < -0.39 is 0 Å². The average Bonchev–Trinajstić information content (AvgIpc) is 3.56. The number of anilines is 6. The molecule has 1 fully saturated rings. The molecule has 62 heavy (non-hydrogen) atoms. The maximum Gasteiger partial charge on any atom is 0.0465 e. The normalized spacial score (nSPS) is 17.6. The molecule has 2 nitrogen and oxygen atoms in total. The smallest absolute Gasteiger partial charge is 0.0465 e. The molecule has 0 spiro atoms. The van der Waals surface area contributed by atoms with Crippen LogP contribution in [0.1, 0.15) is 75.6 Å². The van der Waals surface area contributed by atoms with Crippen LogP contribution in [0.25, 0.3) is 22.3 Å². The first-order valence-corrected chi connectivity index (χ1v) is 22.6. The van der Waals surface area contributed by atoms with Gasteiger partial charge in [-0.25, -0.2) is 0 Å². The molecule has 0 heterocycles. The predicted molar refractivity (Wildman–Crippen MR) is 263 cm³/mol. The fourth-order valence-electron chi connectivity index (χ4n) is 10.8. The Morgan fingerprint density at radius 3 is 1.44 bits per heavy atom. The molecule has 10 rings (SSSR count). The van der Waals surface area contributed by atoms with E-state index in [1.807, 2.05) is 0 Å². The SMILES string of the molecule is CC(C)C1CCCC(c2ccc(N(c3ccccc3)c3ccccc3)cc2)(c2ccc(N(c3ccccc3)c3ccc4c(c3)C(C)(C)c3cccc(-c5ccccc5)c3-4)cc2)C1. The number of nitrogens with zero attached hydrogens (tertiary/aromatic N) is 2. The molecule has 0 aromatic heterocycles. The van der Waals surface area contributed by atoms with Crippen molar-refractivity contribution in [2.24, 2.45) is 11.8 Å². The fraction of sp³-hybridized carbons (Fsp3) is 0.200. The van der Waals surface area contributed by atoms with Crippen LogP contribution in [-0.4, -0.2) is 0 Å². The molecule has 8 aromatic carbocycles. The van der Waals surface area contributed by atoms with E-state index in [0.717, 1.165) is 29.9 Å². The Kier molecular flexibility index (Phi) is 10.4. The van der Waals surface area contributed by atoms with Gasteiger partial charge in [-0.1, -0.05) is 174 Å². The van der Waals surface area contributed by atoms with Crippen LogP contribution in [0.15, 0.2) is 206 Å². The molecule has 2 unspecified atom stereocenters. The van der Waals surface area contributed by atoms with Crippen LogP contribution in [-0.2, 0) is 10.8 Å². The molecule has 306 valence electrons. The van der Waals surface area contributed by atoms with Crippen molar-refractivity contribution in [1.82, 2.24) is 0 Å². The molecule has 2 aliphatic carbocycles. The van der Waals surface area contributed by atoms with Gasteiger partial charge in [0.2, 0.25) is 0 Å². The van der Waals surface area contributed by atoms with Gasteiger partial charge < -0.3 is 9.80 Å². The molecule has 0 N–H and O–H groups in total. The van der Waals surface area contributed by atoms with Gasteiger partial charge in [0.1, 0.15) is 0 Å². The first kappa shape index (κ1) is 39.5. The van der Waals surface area contributed by atoms with E-state index in [-0.39, 0.29) is 10.8 Å². The molecule has 8 aromatic rings. The second kappa shape index (κ2) is 16.3. The van der Waals surface area contributed by atoms with Crippen molar-refractivity contribution >= 4 is 34.1 Å². The van der Waals surface area contributed by atoms with E-state index in [1.54, 1.807) is 0 Å². The van der Waals surface area contributed by atoms with Gasteiger partial charge in [0.25, 0.3) is 0 Å². The lowest BCUT2D eigenvalue weighted by atomic mass is 9.60. The summed E-state index contributed by atoms with van der Waals surface area (Å²) in [6.45, 7) is 9.61. The molecule has 0 bridgehead atoms. The molecule has 0 radical (unpaired) electrons. The molecule has 2 aliphatic rings. The van der Waals surface area contributed by atoms with E-state index in [2.05, 4.69) is 244 Å². The Hall–Kier alpha value is -6.64. The van der Waals surface area contributed by atoms with Crippen LogP contribution >= 0.6 is 0 Å². The highest BCUT2D eigenvalue weighted by molar-refractivity contribution is 5.94. The van der Waals surface area contributed by atoms with E-state index in [9.17, 15) is 0 Å². The minimum Gasteiger partial charge on any atom is -0.311 e.